The number of hydrogen-bond donors (Lipinski definition) is 4. The predicted molar refractivity (Wildman–Crippen MR) is 101 cm³/mol. The van der Waals surface area contributed by atoms with Gasteiger partial charge in [0, 0.05) is 29.7 Å². The number of amides is 4. The van der Waals surface area contributed by atoms with Crippen molar-refractivity contribution in [2.24, 2.45) is 5.73 Å². The van der Waals surface area contributed by atoms with Crippen molar-refractivity contribution in [3.05, 3.63) is 40.9 Å². The molecule has 0 aliphatic carbocycles. The normalized spacial score (nSPS) is 10.4. The number of aromatic nitrogens is 1. The van der Waals surface area contributed by atoms with Crippen molar-refractivity contribution in [3.63, 3.8) is 0 Å². The Balaban J connectivity index is 1.92. The highest BCUT2D eigenvalue weighted by atomic mass is 32.1. The van der Waals surface area contributed by atoms with Gasteiger partial charge in [-0.2, -0.15) is 0 Å². The second-order valence-electron chi connectivity index (χ2n) is 5.62. The summed E-state index contributed by atoms with van der Waals surface area (Å²) in [5, 5.41) is 9.71. The third kappa shape index (κ3) is 5.83. The number of benzene rings is 1. The van der Waals surface area contributed by atoms with Gasteiger partial charge in [0.1, 0.15) is 5.69 Å². The second kappa shape index (κ2) is 8.92. The molecule has 0 saturated carbocycles. The number of urea groups is 1. The van der Waals surface area contributed by atoms with Crippen molar-refractivity contribution in [1.82, 2.24) is 15.2 Å². The molecule has 0 spiro atoms. The van der Waals surface area contributed by atoms with Gasteiger partial charge in [-0.05, 0) is 38.4 Å². The number of rotatable bonds is 7. The lowest BCUT2D eigenvalue weighted by molar-refractivity contribution is 0.0945. The number of nitrogens with two attached hydrogens (primary N) is 1. The Bertz CT molecular complexity index is 788. The minimum absolute atomic E-state index is 0.255. The molecule has 0 fully saturated rings. The van der Waals surface area contributed by atoms with Gasteiger partial charge in [-0.3, -0.25) is 14.9 Å². The van der Waals surface area contributed by atoms with Crippen LogP contribution in [0.3, 0.4) is 0 Å². The number of nitrogens with one attached hydrogen (secondary N) is 3. The van der Waals surface area contributed by atoms with Crippen LogP contribution in [0.2, 0.25) is 0 Å². The Labute approximate surface area is 154 Å². The molecule has 0 saturated heterocycles. The van der Waals surface area contributed by atoms with Crippen LogP contribution in [0.1, 0.15) is 20.8 Å². The first kappa shape index (κ1) is 19.3. The summed E-state index contributed by atoms with van der Waals surface area (Å²) < 4.78 is 0. The summed E-state index contributed by atoms with van der Waals surface area (Å²) in [6, 6.07) is 5.53. The Kier molecular flexibility index (Phi) is 6.64. The van der Waals surface area contributed by atoms with Crippen molar-refractivity contribution in [3.8, 4) is 0 Å². The largest absolute Gasteiger partial charge is 0.351 e. The zero-order valence-corrected chi connectivity index (χ0v) is 15.2. The van der Waals surface area contributed by atoms with E-state index in [2.05, 4.69) is 20.9 Å². The van der Waals surface area contributed by atoms with E-state index in [0.717, 1.165) is 17.9 Å². The fraction of sp³-hybridized carbons (Fsp3) is 0.250. The lowest BCUT2D eigenvalue weighted by Gasteiger charge is -2.09. The van der Waals surface area contributed by atoms with Gasteiger partial charge in [-0.15, -0.1) is 11.3 Å². The fourth-order valence-electron chi connectivity index (χ4n) is 1.94. The quantitative estimate of drug-likeness (QED) is 0.576. The summed E-state index contributed by atoms with van der Waals surface area (Å²) in [6.45, 7) is 1.23. The van der Waals surface area contributed by atoms with E-state index in [9.17, 15) is 14.4 Å². The molecule has 4 amide bonds. The van der Waals surface area contributed by atoms with Crippen LogP contribution in [0, 0.1) is 0 Å². The molecule has 0 radical (unpaired) electrons. The molecule has 26 heavy (non-hydrogen) atoms. The number of primary amides is 1. The van der Waals surface area contributed by atoms with Crippen molar-refractivity contribution >= 4 is 40.0 Å². The van der Waals surface area contributed by atoms with Crippen LogP contribution in [-0.2, 0) is 0 Å². The summed E-state index contributed by atoms with van der Waals surface area (Å²) in [5.74, 6) is -0.657. The van der Waals surface area contributed by atoms with E-state index in [1.807, 2.05) is 19.0 Å². The standard InChI is InChI=1S/C16H20N6O3S/c1-22(2)8-7-18-14(24)12-9-26-16(20-12)21-13(23)10-3-5-11(6-4-10)19-15(17)25/h3-6,9H,7-8H2,1-2H3,(H,18,24)(H3,17,19,25)(H,20,21,23). The minimum atomic E-state index is -0.679. The fourth-order valence-corrected chi connectivity index (χ4v) is 2.62. The summed E-state index contributed by atoms with van der Waals surface area (Å²) in [5.41, 5.74) is 6.15. The van der Waals surface area contributed by atoms with Crippen LogP contribution in [0.25, 0.3) is 0 Å². The molecule has 0 aliphatic heterocycles. The molecule has 0 atom stereocenters. The maximum absolute atomic E-state index is 12.2. The molecule has 0 bridgehead atoms. The monoisotopic (exact) mass is 376 g/mol. The minimum Gasteiger partial charge on any atom is -0.351 e. The van der Waals surface area contributed by atoms with Crippen molar-refractivity contribution in [1.29, 1.82) is 0 Å². The van der Waals surface area contributed by atoms with E-state index in [0.29, 0.717) is 22.9 Å². The van der Waals surface area contributed by atoms with Crippen LogP contribution in [0.4, 0.5) is 15.6 Å². The Morgan fingerprint density at radius 2 is 1.81 bits per heavy atom. The zero-order valence-electron chi connectivity index (χ0n) is 14.4. The number of carbonyl (C=O) groups excluding carboxylic acids is 3. The highest BCUT2D eigenvalue weighted by molar-refractivity contribution is 7.14. The molecule has 138 valence electrons. The highest BCUT2D eigenvalue weighted by Gasteiger charge is 2.13. The molecular weight excluding hydrogens is 356 g/mol. The number of carbonyl (C=O) groups is 3. The molecule has 1 heterocycles. The van der Waals surface area contributed by atoms with Gasteiger partial charge in [0.05, 0.1) is 0 Å². The smallest absolute Gasteiger partial charge is 0.316 e. The number of hydrogen-bond acceptors (Lipinski definition) is 6. The van der Waals surface area contributed by atoms with Gasteiger partial charge >= 0.3 is 6.03 Å². The van der Waals surface area contributed by atoms with Crippen LogP contribution >= 0.6 is 11.3 Å². The molecular formula is C16H20N6O3S. The van der Waals surface area contributed by atoms with Gasteiger partial charge in [0.25, 0.3) is 11.8 Å². The molecule has 0 unspecified atom stereocenters. The van der Waals surface area contributed by atoms with Gasteiger partial charge < -0.3 is 21.3 Å². The van der Waals surface area contributed by atoms with E-state index in [1.54, 1.807) is 29.6 Å². The molecule has 10 heteroatoms. The van der Waals surface area contributed by atoms with Crippen molar-refractivity contribution in [2.45, 2.75) is 0 Å². The average Bonchev–Trinajstić information content (AvgIpc) is 3.03. The molecule has 1 aromatic carbocycles. The maximum atomic E-state index is 12.2. The Hall–Kier alpha value is -2.98. The van der Waals surface area contributed by atoms with Crippen LogP contribution in [0.5, 0.6) is 0 Å². The molecule has 0 aliphatic rings. The van der Waals surface area contributed by atoms with Crippen LogP contribution in [0.15, 0.2) is 29.6 Å². The van der Waals surface area contributed by atoms with Crippen LogP contribution in [-0.4, -0.2) is 54.9 Å². The summed E-state index contributed by atoms with van der Waals surface area (Å²) >= 11 is 1.16. The van der Waals surface area contributed by atoms with E-state index in [-0.39, 0.29) is 17.5 Å². The first-order valence-corrected chi connectivity index (χ1v) is 8.59. The van der Waals surface area contributed by atoms with Gasteiger partial charge in [0.15, 0.2) is 5.13 Å². The van der Waals surface area contributed by atoms with E-state index in [1.165, 1.54) is 0 Å². The third-order valence-corrected chi connectivity index (χ3v) is 3.97. The number of likely N-dealkylation sites (N-methyl/N-ethyl adjacent to an activating group) is 1. The number of nitrogens with zero attached hydrogens (tertiary/aromatic N) is 2. The number of thiazole rings is 1. The van der Waals surface area contributed by atoms with Gasteiger partial charge in [-0.1, -0.05) is 0 Å². The first-order chi connectivity index (χ1) is 12.3. The van der Waals surface area contributed by atoms with Gasteiger partial charge in [-0.25, -0.2) is 9.78 Å². The Morgan fingerprint density at radius 1 is 1.12 bits per heavy atom. The Morgan fingerprint density at radius 3 is 2.42 bits per heavy atom. The second-order valence-corrected chi connectivity index (χ2v) is 6.48. The van der Waals surface area contributed by atoms with Gasteiger partial charge in [0.2, 0.25) is 0 Å². The van der Waals surface area contributed by atoms with Crippen molar-refractivity contribution < 1.29 is 14.4 Å². The zero-order chi connectivity index (χ0) is 19.1. The molecule has 2 aromatic rings. The molecule has 1 aromatic heterocycles. The molecule has 5 N–H and O–H groups in total. The van der Waals surface area contributed by atoms with Crippen LogP contribution < -0.4 is 21.7 Å². The SMILES string of the molecule is CN(C)CCNC(=O)c1csc(NC(=O)c2ccc(NC(N)=O)cc2)n1. The van der Waals surface area contributed by atoms with E-state index < -0.39 is 6.03 Å². The van der Waals surface area contributed by atoms with E-state index in [4.69, 9.17) is 5.73 Å². The summed E-state index contributed by atoms with van der Waals surface area (Å²) in [6.07, 6.45) is 0. The molecule has 2 rings (SSSR count). The lowest BCUT2D eigenvalue weighted by Crippen LogP contribution is -2.31. The predicted octanol–water partition coefficient (Wildman–Crippen LogP) is 1.18. The summed E-state index contributed by atoms with van der Waals surface area (Å²) in [4.78, 5) is 41.0. The lowest BCUT2D eigenvalue weighted by atomic mass is 10.2. The first-order valence-electron chi connectivity index (χ1n) is 7.71. The third-order valence-electron chi connectivity index (χ3n) is 3.22. The average molecular weight is 376 g/mol. The molecule has 9 nitrogen and oxygen atoms in total. The number of anilines is 2. The highest BCUT2D eigenvalue weighted by Crippen LogP contribution is 2.17. The van der Waals surface area contributed by atoms with E-state index >= 15 is 0 Å². The van der Waals surface area contributed by atoms with Crippen molar-refractivity contribution in [2.75, 3.05) is 37.8 Å². The summed E-state index contributed by atoms with van der Waals surface area (Å²) in [7, 11) is 3.83. The maximum Gasteiger partial charge on any atom is 0.316 e. The topological polar surface area (TPSA) is 129 Å².